The molecule has 1 aliphatic heterocycles. The number of nitrogens with zero attached hydrogens (tertiary/aromatic N) is 2. The van der Waals surface area contributed by atoms with Gasteiger partial charge >= 0.3 is 0 Å². The number of alkyl halides is 2. The van der Waals surface area contributed by atoms with E-state index in [9.17, 15) is 18.7 Å². The summed E-state index contributed by atoms with van der Waals surface area (Å²) in [5.41, 5.74) is -1.57. The molecule has 3 rings (SSSR count). The second-order valence-corrected chi connectivity index (χ2v) is 7.87. The molecule has 154 valence electrons. The zero-order valence-electron chi connectivity index (χ0n) is 16.4. The van der Waals surface area contributed by atoms with E-state index in [4.69, 9.17) is 0 Å². The first kappa shape index (κ1) is 20.6. The van der Waals surface area contributed by atoms with Crippen LogP contribution in [0, 0.1) is 5.92 Å². The lowest BCUT2D eigenvalue weighted by molar-refractivity contribution is -0.148. The Bertz CT molecular complexity index is 713. The van der Waals surface area contributed by atoms with Crippen molar-refractivity contribution >= 4 is 5.91 Å². The quantitative estimate of drug-likeness (QED) is 0.700. The highest BCUT2D eigenvalue weighted by Crippen LogP contribution is 2.47. The van der Waals surface area contributed by atoms with Crippen molar-refractivity contribution in [3.05, 3.63) is 48.3 Å². The highest BCUT2D eigenvalue weighted by atomic mass is 19.3. The van der Waals surface area contributed by atoms with Crippen molar-refractivity contribution in [3.8, 4) is 0 Å². The fraction of sp³-hybridized carbons (Fsp3) is 0.571. The predicted molar refractivity (Wildman–Crippen MR) is 103 cm³/mol. The van der Waals surface area contributed by atoms with Crippen LogP contribution in [0.4, 0.5) is 8.78 Å². The van der Waals surface area contributed by atoms with Crippen LogP contribution in [0.5, 0.6) is 0 Å². The summed E-state index contributed by atoms with van der Waals surface area (Å²) in [4.78, 5) is 17.2. The number of carbonyl (C=O) groups excluding carboxylic acids is 1. The van der Waals surface area contributed by atoms with Crippen LogP contribution in [0.1, 0.15) is 38.2 Å². The molecule has 2 unspecified atom stereocenters. The number of aliphatic hydroxyl groups is 1. The molecule has 1 aliphatic carbocycles. The third-order valence-corrected chi connectivity index (χ3v) is 6.00. The van der Waals surface area contributed by atoms with Crippen molar-refractivity contribution in [2.24, 2.45) is 5.92 Å². The van der Waals surface area contributed by atoms with Gasteiger partial charge in [0.1, 0.15) is 0 Å². The topological polar surface area (TPSA) is 55.8 Å². The van der Waals surface area contributed by atoms with Crippen molar-refractivity contribution in [1.29, 1.82) is 0 Å². The molecule has 1 amide bonds. The van der Waals surface area contributed by atoms with Crippen molar-refractivity contribution < 1.29 is 18.7 Å². The van der Waals surface area contributed by atoms with Gasteiger partial charge < -0.3 is 20.2 Å². The van der Waals surface area contributed by atoms with Crippen molar-refractivity contribution in [1.82, 2.24) is 15.1 Å². The van der Waals surface area contributed by atoms with Crippen LogP contribution in [0.15, 0.2) is 42.7 Å². The minimum atomic E-state index is -2.84. The Morgan fingerprint density at radius 2 is 2.04 bits per heavy atom. The molecule has 1 heterocycles. The molecule has 2 aliphatic rings. The first-order valence-corrected chi connectivity index (χ1v) is 9.84. The summed E-state index contributed by atoms with van der Waals surface area (Å²) in [6, 6.07) is 8.44. The van der Waals surface area contributed by atoms with E-state index >= 15 is 0 Å². The summed E-state index contributed by atoms with van der Waals surface area (Å²) in [6.07, 6.45) is 4.30. The molecule has 0 saturated heterocycles. The van der Waals surface area contributed by atoms with E-state index in [1.54, 1.807) is 30.3 Å². The molecule has 2 N–H and O–H groups in total. The Kier molecular flexibility index (Phi) is 5.93. The second-order valence-electron chi connectivity index (χ2n) is 7.87. The summed E-state index contributed by atoms with van der Waals surface area (Å²) >= 11 is 0. The Balaban J connectivity index is 1.64. The van der Waals surface area contributed by atoms with E-state index < -0.39 is 29.8 Å². The zero-order chi connectivity index (χ0) is 20.4. The number of rotatable bonds is 7. The fourth-order valence-electron chi connectivity index (χ4n) is 4.08. The number of benzene rings is 1. The molecular weight excluding hydrogens is 364 g/mol. The molecule has 1 saturated carbocycles. The van der Waals surface area contributed by atoms with Crippen LogP contribution in [-0.4, -0.2) is 53.0 Å². The standard InChI is InChI=1S/C21H29F2N3O2/c1-16-25(2)13-14-26(16)12-6-11-24-19(27)21(28,17-7-4-3-5-8-17)18-9-10-20(22,23)15-18/h3-5,7-8,13-14,16,18,28H,6,9-12,15H2,1-2H3,(H,24,27)/t16?,18?,21-/m0/s1. The third kappa shape index (κ3) is 4.14. The Labute approximate surface area is 165 Å². The average molecular weight is 393 g/mol. The average Bonchev–Trinajstić information content (AvgIpc) is 3.21. The van der Waals surface area contributed by atoms with E-state index in [1.165, 1.54) is 0 Å². The third-order valence-electron chi connectivity index (χ3n) is 6.00. The molecule has 0 spiro atoms. The van der Waals surface area contributed by atoms with Gasteiger partial charge in [0, 0.05) is 51.3 Å². The van der Waals surface area contributed by atoms with Gasteiger partial charge in [0.05, 0.1) is 6.17 Å². The molecule has 3 atom stereocenters. The monoisotopic (exact) mass is 393 g/mol. The molecule has 1 fully saturated rings. The van der Waals surface area contributed by atoms with Crippen LogP contribution in [0.2, 0.25) is 0 Å². The van der Waals surface area contributed by atoms with Crippen LogP contribution < -0.4 is 5.32 Å². The van der Waals surface area contributed by atoms with E-state index in [-0.39, 0.29) is 19.0 Å². The lowest BCUT2D eigenvalue weighted by atomic mass is 9.79. The normalized spacial score (nSPS) is 25.8. The number of amides is 1. The van der Waals surface area contributed by atoms with Gasteiger partial charge in [-0.2, -0.15) is 0 Å². The van der Waals surface area contributed by atoms with Gasteiger partial charge in [-0.1, -0.05) is 30.3 Å². The van der Waals surface area contributed by atoms with E-state index in [0.717, 1.165) is 6.54 Å². The number of halogens is 2. The van der Waals surface area contributed by atoms with Crippen molar-refractivity contribution in [2.75, 3.05) is 20.1 Å². The van der Waals surface area contributed by atoms with Gasteiger partial charge in [0.15, 0.2) is 5.60 Å². The number of nitrogens with one attached hydrogen (secondary N) is 1. The van der Waals surface area contributed by atoms with Gasteiger partial charge in [0.25, 0.3) is 5.91 Å². The first-order chi connectivity index (χ1) is 13.2. The molecule has 1 aromatic rings. The first-order valence-electron chi connectivity index (χ1n) is 9.84. The van der Waals surface area contributed by atoms with Gasteiger partial charge in [-0.3, -0.25) is 4.79 Å². The molecule has 5 nitrogen and oxygen atoms in total. The highest BCUT2D eigenvalue weighted by Gasteiger charge is 2.53. The van der Waals surface area contributed by atoms with Gasteiger partial charge in [-0.05, 0) is 25.3 Å². The summed E-state index contributed by atoms with van der Waals surface area (Å²) in [6.45, 7) is 3.22. The summed E-state index contributed by atoms with van der Waals surface area (Å²) < 4.78 is 27.6. The minimum absolute atomic E-state index is 0.119. The van der Waals surface area contributed by atoms with Crippen LogP contribution >= 0.6 is 0 Å². The predicted octanol–water partition coefficient (Wildman–Crippen LogP) is 2.88. The molecular formula is C21H29F2N3O2. The number of hydrogen-bond acceptors (Lipinski definition) is 4. The Morgan fingerprint density at radius 3 is 2.61 bits per heavy atom. The van der Waals surface area contributed by atoms with Crippen molar-refractivity contribution in [3.63, 3.8) is 0 Å². The number of hydrogen-bond donors (Lipinski definition) is 2. The second kappa shape index (κ2) is 8.07. The molecule has 0 radical (unpaired) electrons. The lowest BCUT2D eigenvalue weighted by Gasteiger charge is -2.33. The molecule has 1 aromatic carbocycles. The van der Waals surface area contributed by atoms with E-state index in [1.807, 2.05) is 19.4 Å². The van der Waals surface area contributed by atoms with Crippen molar-refractivity contribution in [2.45, 2.75) is 50.3 Å². The van der Waals surface area contributed by atoms with Crippen LogP contribution in [0.3, 0.4) is 0 Å². The lowest BCUT2D eigenvalue weighted by Crippen LogP contribution is -2.49. The summed E-state index contributed by atoms with van der Waals surface area (Å²) in [5, 5.41) is 14.1. The van der Waals surface area contributed by atoms with Gasteiger partial charge in [-0.25, -0.2) is 8.78 Å². The van der Waals surface area contributed by atoms with Crippen LogP contribution in [0.25, 0.3) is 0 Å². The highest BCUT2D eigenvalue weighted by molar-refractivity contribution is 5.86. The summed E-state index contributed by atoms with van der Waals surface area (Å²) in [5.74, 6) is -4.23. The smallest absolute Gasteiger partial charge is 0.256 e. The molecule has 0 aromatic heterocycles. The van der Waals surface area contributed by atoms with E-state index in [2.05, 4.69) is 22.0 Å². The molecule has 28 heavy (non-hydrogen) atoms. The van der Waals surface area contributed by atoms with Gasteiger partial charge in [-0.15, -0.1) is 0 Å². The van der Waals surface area contributed by atoms with Crippen LogP contribution in [-0.2, 0) is 10.4 Å². The maximum atomic E-state index is 13.8. The molecule has 0 bridgehead atoms. The zero-order valence-corrected chi connectivity index (χ0v) is 16.4. The minimum Gasteiger partial charge on any atom is -0.375 e. The summed E-state index contributed by atoms with van der Waals surface area (Å²) in [7, 11) is 2.00. The SMILES string of the molecule is CC1N(C)C=CN1CCCNC(=O)[C@](O)(c1ccccc1)C1CCC(F)(F)C1. The maximum absolute atomic E-state index is 13.8. The Hall–Kier alpha value is -2.15. The fourth-order valence-corrected chi connectivity index (χ4v) is 4.08. The maximum Gasteiger partial charge on any atom is 0.256 e. The van der Waals surface area contributed by atoms with Gasteiger partial charge in [0.2, 0.25) is 5.92 Å². The number of carbonyl (C=O) groups is 1. The Morgan fingerprint density at radius 1 is 1.32 bits per heavy atom. The van der Waals surface area contributed by atoms with E-state index in [0.29, 0.717) is 18.5 Å². The largest absolute Gasteiger partial charge is 0.375 e. The molecule has 7 heteroatoms.